The molecule has 22 heteroatoms. The number of benzene rings is 8. The number of aromatic nitrogens is 12. The maximum Gasteiger partial charge on any atom is 0.106 e. The van der Waals surface area contributed by atoms with Crippen molar-refractivity contribution in [2.45, 2.75) is 223 Å². The van der Waals surface area contributed by atoms with E-state index in [0.29, 0.717) is 19.3 Å². The van der Waals surface area contributed by atoms with E-state index in [9.17, 15) is 0 Å². The van der Waals surface area contributed by atoms with Crippen molar-refractivity contribution in [3.8, 4) is 45.0 Å². The monoisotopic (exact) mass is 2330 g/mol. The number of fused-ring (bicyclic) bond motifs is 12. The molecule has 0 bridgehead atoms. The van der Waals surface area contributed by atoms with Gasteiger partial charge in [0, 0.05) is 151 Å². The van der Waals surface area contributed by atoms with Crippen LogP contribution in [0.5, 0.6) is 0 Å². The van der Waals surface area contributed by atoms with Gasteiger partial charge in [-0.2, -0.15) is 0 Å². The van der Waals surface area contributed by atoms with E-state index in [2.05, 4.69) is 278 Å². The van der Waals surface area contributed by atoms with Gasteiger partial charge in [-0.1, -0.05) is 121 Å². The van der Waals surface area contributed by atoms with Gasteiger partial charge < -0.3 is 48.9 Å². The second kappa shape index (κ2) is 48.5. The van der Waals surface area contributed by atoms with Gasteiger partial charge in [0.15, 0.2) is 0 Å². The fourth-order valence-corrected chi connectivity index (χ4v) is 14.8. The fourth-order valence-electron chi connectivity index (χ4n) is 14.8. The average molecular weight is 2320 g/mol. The first-order valence-electron chi connectivity index (χ1n) is 40.9. The molecular weight excluding hydrogens is 2210 g/mol. The first-order chi connectivity index (χ1) is 55.9. The van der Waals surface area contributed by atoms with Crippen LogP contribution in [-0.4, -0.2) is 125 Å². The molecule has 18 nitrogen and oxygen atoms in total. The molecule has 16 rings (SSSR count). The third-order valence-corrected chi connectivity index (χ3v) is 20.0. The maximum absolute atomic E-state index is 8.56. The molecule has 0 aliphatic heterocycles. The number of para-hydroxylation sites is 3. The van der Waals surface area contributed by atoms with Crippen LogP contribution >= 0.6 is 0 Å². The van der Waals surface area contributed by atoms with Crippen LogP contribution in [0.15, 0.2) is 201 Å². The van der Waals surface area contributed by atoms with Gasteiger partial charge in [0.1, 0.15) is 25.3 Å². The Morgan fingerprint density at radius 1 is 0.325 bits per heavy atom. The summed E-state index contributed by atoms with van der Waals surface area (Å²) >= 11 is 0. The van der Waals surface area contributed by atoms with E-state index in [1.165, 1.54) is 73.1 Å². The Kier molecular flexibility index (Phi) is 40.6. The minimum Gasteiger partial charge on any atom is -0.393 e. The van der Waals surface area contributed by atoms with Crippen molar-refractivity contribution in [2.75, 3.05) is 0 Å². The number of aliphatic hydroxyl groups is 6. The Morgan fingerprint density at radius 2 is 0.642 bits per heavy atom. The molecule has 16 aromatic rings. The molecule has 0 fully saturated rings. The summed E-state index contributed by atoms with van der Waals surface area (Å²) in [5, 5.41) is 56.1. The van der Waals surface area contributed by atoms with Gasteiger partial charge in [0.25, 0.3) is 0 Å². The van der Waals surface area contributed by atoms with E-state index in [0.717, 1.165) is 135 Å². The third-order valence-electron chi connectivity index (χ3n) is 20.0. The van der Waals surface area contributed by atoms with E-state index < -0.39 is 0 Å². The Balaban J connectivity index is 0.000000227. The summed E-state index contributed by atoms with van der Waals surface area (Å²) in [6.45, 7) is 33.2. The van der Waals surface area contributed by atoms with E-state index in [-0.39, 0.29) is 122 Å². The van der Waals surface area contributed by atoms with Crippen molar-refractivity contribution < 1.29 is 111 Å². The van der Waals surface area contributed by atoms with Crippen LogP contribution in [0.1, 0.15) is 159 Å². The number of hydrogen-bond donors (Lipinski definition) is 6. The van der Waals surface area contributed by atoms with E-state index in [1.807, 2.05) is 42.5 Å². The van der Waals surface area contributed by atoms with Crippen molar-refractivity contribution in [3.63, 3.8) is 0 Å². The predicted molar refractivity (Wildman–Crippen MR) is 475 cm³/mol. The quantitative estimate of drug-likeness (QED) is 0.0413. The summed E-state index contributed by atoms with van der Waals surface area (Å²) in [5.74, 6) is 0. The van der Waals surface area contributed by atoms with E-state index >= 15 is 0 Å². The van der Waals surface area contributed by atoms with Gasteiger partial charge in [-0.05, 0) is 136 Å². The molecule has 8 heterocycles. The molecule has 6 atom stereocenters. The number of rotatable bonds is 19. The van der Waals surface area contributed by atoms with Crippen molar-refractivity contribution in [3.05, 3.63) is 242 Å². The van der Waals surface area contributed by atoms with Gasteiger partial charge in [-0.25, -0.2) is 19.9 Å². The molecular formula is C98H114Ir4N12O6-4. The first-order valence-corrected chi connectivity index (χ1v) is 40.9. The standard InChI is InChI=1S/2C22H22N3.C21H20N3.C18H14N3.3C5H12O2.4Ir/c1-5-25-18-9-7-6-8-17(18)20-21(25)19(23-14-24-20)15-10-12-16(13-11-15)22(2,3)4;1-3-5-8-16-11-13-17(14-12-16)20-22-21(24-15-23-20)18-9-6-7-10-19(18)25(22)4-2;1-3-8-15-11-12-18-17(13-15)20-21(24(18)4-2)19(22-14-23-20)16-9-6-5-7-10-16;1-2-21-15-11-7-6-10-14(15)17-18(21)16(19-12-20-17)13-8-4-3-5-9-13;3*1-4(6)3-5(2)7;;;;/h6-10,12-14H,5H2,1-4H3;6-7,9-13,15H,3-5,8H2,1-2H3;5-7,9,11-14H,3-4,8H2,1-2H3;3-8,10-12H,2H2,1H3;3*4-7H,3H2,1-2H3;;;;/q4*-1;;;;;;;. The van der Waals surface area contributed by atoms with Crippen molar-refractivity contribution >= 4 is 87.7 Å². The van der Waals surface area contributed by atoms with Crippen molar-refractivity contribution in [1.29, 1.82) is 0 Å². The topological polar surface area (TPSA) is 244 Å². The number of hydrogen-bond acceptors (Lipinski definition) is 14. The number of aliphatic hydroxyl groups excluding tert-OH is 6. The zero-order valence-electron chi connectivity index (χ0n) is 71.4. The Morgan fingerprint density at radius 3 is 0.925 bits per heavy atom. The SMILES string of the molecule is CC(O)CC(C)O.CC(O)CC(C)O.CC(O)CC(C)O.CCCCc1c[c-]c(-c2ncnc3c4ccccc4n(CC)c23)cc1.CCCc1ccc2c(c1)c1ncnc(-c3[c-]cccc3)c1n2CC.CCn1c2ccccc2c2ncnc(-c3[c-]cc(C(C)(C)C)cc3)c21.CCn1c2ccccc2c2ncnc(-c3[c-]cccc3)c21.[Ir].[Ir].[Ir].[Ir]. The zero-order chi connectivity index (χ0) is 83.2. The molecule has 0 aliphatic carbocycles. The largest absolute Gasteiger partial charge is 0.393 e. The van der Waals surface area contributed by atoms with Gasteiger partial charge in [0.05, 0.1) is 103 Å². The number of unbranched alkanes of at least 4 members (excludes halogenated alkanes) is 1. The molecule has 120 heavy (non-hydrogen) atoms. The molecule has 8 aromatic carbocycles. The smallest absolute Gasteiger partial charge is 0.106 e. The summed E-state index contributed by atoms with van der Waals surface area (Å²) < 4.78 is 9.20. The van der Waals surface area contributed by atoms with E-state index in [4.69, 9.17) is 30.6 Å². The molecule has 0 saturated carbocycles. The van der Waals surface area contributed by atoms with Crippen LogP contribution < -0.4 is 0 Å². The predicted octanol–water partition coefficient (Wildman–Crippen LogP) is 20.3. The van der Waals surface area contributed by atoms with Crippen LogP contribution in [0.2, 0.25) is 0 Å². The summed E-state index contributed by atoms with van der Waals surface area (Å²) in [6, 6.07) is 74.2. The molecule has 0 spiro atoms. The maximum atomic E-state index is 8.56. The van der Waals surface area contributed by atoms with Gasteiger partial charge in [0.2, 0.25) is 0 Å². The van der Waals surface area contributed by atoms with Crippen LogP contribution in [0.3, 0.4) is 0 Å². The molecule has 642 valence electrons. The second-order valence-electron chi connectivity index (χ2n) is 30.6. The molecule has 8 aromatic heterocycles. The Labute approximate surface area is 761 Å². The molecule has 6 unspecified atom stereocenters. The third kappa shape index (κ3) is 25.2. The molecule has 0 aliphatic rings. The van der Waals surface area contributed by atoms with Crippen molar-refractivity contribution in [2.24, 2.45) is 0 Å². The van der Waals surface area contributed by atoms with Crippen LogP contribution in [-0.2, 0) is 125 Å². The fraction of sp³-hybridized carbons (Fsp3) is 0.347. The van der Waals surface area contributed by atoms with Gasteiger partial charge >= 0.3 is 0 Å². The Bertz CT molecular complexity index is 5740. The molecule has 4 radical (unpaired) electrons. The van der Waals surface area contributed by atoms with Gasteiger partial charge in [-0.15, -0.1) is 143 Å². The summed E-state index contributed by atoms with van der Waals surface area (Å²) in [4.78, 5) is 36.6. The van der Waals surface area contributed by atoms with Crippen LogP contribution in [0.4, 0.5) is 0 Å². The van der Waals surface area contributed by atoms with Gasteiger partial charge in [-0.3, -0.25) is 19.9 Å². The van der Waals surface area contributed by atoms with E-state index in [1.54, 1.807) is 66.9 Å². The zero-order valence-corrected chi connectivity index (χ0v) is 81.0. The molecule has 0 saturated heterocycles. The summed E-state index contributed by atoms with van der Waals surface area (Å²) in [5.41, 5.74) is 25.3. The number of nitrogens with zero attached hydrogens (tertiary/aromatic N) is 12. The molecule has 6 N–H and O–H groups in total. The normalized spacial score (nSPS) is 12.5. The Hall–Kier alpha value is -8.36. The number of aryl methyl sites for hydroxylation is 6. The molecule has 0 amide bonds. The second-order valence-corrected chi connectivity index (χ2v) is 30.6. The van der Waals surface area contributed by atoms with Crippen LogP contribution in [0, 0.1) is 24.3 Å². The van der Waals surface area contributed by atoms with Crippen molar-refractivity contribution in [1.82, 2.24) is 58.1 Å². The van der Waals surface area contributed by atoms with Crippen LogP contribution in [0.25, 0.3) is 133 Å². The average Bonchev–Trinajstić information content (AvgIpc) is 1.63. The summed E-state index contributed by atoms with van der Waals surface area (Å²) in [7, 11) is 0. The summed E-state index contributed by atoms with van der Waals surface area (Å²) in [6.07, 6.45) is 11.6. The minimum absolute atomic E-state index is 0. The first kappa shape index (κ1) is 100. The minimum atomic E-state index is -0.375.